The lowest BCUT2D eigenvalue weighted by molar-refractivity contribution is 0.0950. The molecule has 0 saturated carbocycles. The normalized spacial score (nSPS) is 10.3. The van der Waals surface area contributed by atoms with Gasteiger partial charge in [-0.25, -0.2) is 8.78 Å². The fraction of sp³-hybridized carbons (Fsp3) is 0.0769. The number of benzene rings is 1. The van der Waals surface area contributed by atoms with E-state index in [0.717, 1.165) is 18.2 Å². The van der Waals surface area contributed by atoms with E-state index in [1.54, 1.807) is 0 Å². The molecule has 1 amide bonds. The van der Waals surface area contributed by atoms with E-state index in [1.807, 2.05) is 0 Å². The van der Waals surface area contributed by atoms with Crippen LogP contribution in [0.25, 0.3) is 0 Å². The average Bonchev–Trinajstić information content (AvgIpc) is 2.40. The second-order valence-electron chi connectivity index (χ2n) is 3.77. The summed E-state index contributed by atoms with van der Waals surface area (Å²) in [5.41, 5.74) is 0.298. The van der Waals surface area contributed by atoms with E-state index in [0.29, 0.717) is 0 Å². The number of rotatable bonds is 3. The maximum atomic E-state index is 13.3. The highest BCUT2D eigenvalue weighted by Crippen LogP contribution is 2.14. The van der Waals surface area contributed by atoms with Crippen molar-refractivity contribution in [1.29, 1.82) is 0 Å². The van der Waals surface area contributed by atoms with Crippen molar-refractivity contribution in [3.63, 3.8) is 0 Å². The number of carbonyl (C=O) groups excluding carboxylic acids is 1. The topological polar surface area (TPSA) is 42.0 Å². The first-order valence-electron chi connectivity index (χ1n) is 5.39. The lowest BCUT2D eigenvalue weighted by atomic mass is 10.2. The summed E-state index contributed by atoms with van der Waals surface area (Å²) in [5, 5.41) is 2.66. The Kier molecular flexibility index (Phi) is 4.06. The average molecular weight is 283 g/mol. The SMILES string of the molecule is O=C(NCc1cc(F)ccc1F)c1ccncc1Cl. The Balaban J connectivity index is 2.09. The van der Waals surface area contributed by atoms with E-state index in [4.69, 9.17) is 11.6 Å². The highest BCUT2D eigenvalue weighted by molar-refractivity contribution is 6.33. The smallest absolute Gasteiger partial charge is 0.253 e. The van der Waals surface area contributed by atoms with Gasteiger partial charge in [0.2, 0.25) is 0 Å². The van der Waals surface area contributed by atoms with Gasteiger partial charge in [0.25, 0.3) is 5.91 Å². The number of nitrogens with one attached hydrogen (secondary N) is 1. The van der Waals surface area contributed by atoms with Crippen molar-refractivity contribution in [2.24, 2.45) is 0 Å². The molecular formula is C13H9ClF2N2O. The number of pyridine rings is 1. The van der Waals surface area contributed by atoms with E-state index in [1.165, 1.54) is 18.5 Å². The maximum Gasteiger partial charge on any atom is 0.253 e. The van der Waals surface area contributed by atoms with Crippen molar-refractivity contribution in [2.45, 2.75) is 6.54 Å². The van der Waals surface area contributed by atoms with Crippen LogP contribution in [0.2, 0.25) is 5.02 Å². The van der Waals surface area contributed by atoms with Gasteiger partial charge in [-0.15, -0.1) is 0 Å². The molecule has 2 rings (SSSR count). The van der Waals surface area contributed by atoms with Crippen LogP contribution in [0.15, 0.2) is 36.7 Å². The van der Waals surface area contributed by atoms with Gasteiger partial charge in [-0.2, -0.15) is 0 Å². The zero-order chi connectivity index (χ0) is 13.8. The van der Waals surface area contributed by atoms with Gasteiger partial charge in [0, 0.05) is 24.5 Å². The summed E-state index contributed by atoms with van der Waals surface area (Å²) in [6.07, 6.45) is 2.75. The van der Waals surface area contributed by atoms with Gasteiger partial charge in [0.05, 0.1) is 10.6 Å². The molecule has 1 heterocycles. The van der Waals surface area contributed by atoms with Gasteiger partial charge in [-0.3, -0.25) is 9.78 Å². The van der Waals surface area contributed by atoms with E-state index in [2.05, 4.69) is 10.3 Å². The standard InChI is InChI=1S/C13H9ClF2N2O/c14-11-7-17-4-3-10(11)13(19)18-6-8-5-9(15)1-2-12(8)16/h1-5,7H,6H2,(H,18,19). The lowest BCUT2D eigenvalue weighted by Gasteiger charge is -2.07. The number of halogens is 3. The highest BCUT2D eigenvalue weighted by atomic mass is 35.5. The quantitative estimate of drug-likeness (QED) is 0.940. The molecule has 2 aromatic rings. The number of amides is 1. The summed E-state index contributed by atoms with van der Waals surface area (Å²) in [6, 6.07) is 4.50. The zero-order valence-corrected chi connectivity index (χ0v) is 10.4. The molecule has 0 fully saturated rings. The van der Waals surface area contributed by atoms with Crippen molar-refractivity contribution >= 4 is 17.5 Å². The summed E-state index contributed by atoms with van der Waals surface area (Å²) in [7, 11) is 0. The minimum absolute atomic E-state index is 0.0681. The maximum absolute atomic E-state index is 13.3. The molecule has 0 radical (unpaired) electrons. The van der Waals surface area contributed by atoms with Crippen LogP contribution in [0.4, 0.5) is 8.78 Å². The molecule has 19 heavy (non-hydrogen) atoms. The van der Waals surface area contributed by atoms with Crippen LogP contribution in [0.5, 0.6) is 0 Å². The Morgan fingerprint density at radius 1 is 1.32 bits per heavy atom. The number of aromatic nitrogens is 1. The molecule has 1 N–H and O–H groups in total. The second kappa shape index (κ2) is 5.75. The van der Waals surface area contributed by atoms with Crippen LogP contribution in [0.3, 0.4) is 0 Å². The van der Waals surface area contributed by atoms with Crippen LogP contribution >= 0.6 is 11.6 Å². The number of hydrogen-bond acceptors (Lipinski definition) is 2. The Hall–Kier alpha value is -2.01. The third-order valence-corrected chi connectivity index (χ3v) is 2.77. The lowest BCUT2D eigenvalue weighted by Crippen LogP contribution is -2.23. The number of nitrogens with zero attached hydrogens (tertiary/aromatic N) is 1. The monoisotopic (exact) mass is 282 g/mol. The summed E-state index contributed by atoms with van der Waals surface area (Å²) < 4.78 is 26.3. The van der Waals surface area contributed by atoms with Crippen molar-refractivity contribution in [2.75, 3.05) is 0 Å². The van der Waals surface area contributed by atoms with E-state index in [-0.39, 0.29) is 22.7 Å². The molecule has 0 aliphatic carbocycles. The summed E-state index contributed by atoms with van der Waals surface area (Å²) in [6.45, 7) is -0.124. The third kappa shape index (κ3) is 3.26. The van der Waals surface area contributed by atoms with Crippen LogP contribution in [0, 0.1) is 11.6 Å². The van der Waals surface area contributed by atoms with E-state index < -0.39 is 17.5 Å². The number of carbonyl (C=O) groups is 1. The summed E-state index contributed by atoms with van der Waals surface area (Å²) in [4.78, 5) is 15.5. The molecular weight excluding hydrogens is 274 g/mol. The number of hydrogen-bond donors (Lipinski definition) is 1. The fourth-order valence-corrected chi connectivity index (χ4v) is 1.71. The fourth-order valence-electron chi connectivity index (χ4n) is 1.51. The Morgan fingerprint density at radius 2 is 2.11 bits per heavy atom. The summed E-state index contributed by atoms with van der Waals surface area (Å²) >= 11 is 5.80. The Morgan fingerprint density at radius 3 is 2.84 bits per heavy atom. The molecule has 0 aliphatic rings. The largest absolute Gasteiger partial charge is 0.348 e. The zero-order valence-electron chi connectivity index (χ0n) is 9.66. The van der Waals surface area contributed by atoms with Gasteiger partial charge in [-0.1, -0.05) is 11.6 Å². The molecule has 0 saturated heterocycles. The highest BCUT2D eigenvalue weighted by Gasteiger charge is 2.11. The molecule has 0 unspecified atom stereocenters. The molecule has 0 atom stereocenters. The minimum Gasteiger partial charge on any atom is -0.348 e. The van der Waals surface area contributed by atoms with Crippen LogP contribution in [-0.2, 0) is 6.54 Å². The van der Waals surface area contributed by atoms with Crippen molar-refractivity contribution in [3.05, 3.63) is 64.4 Å². The molecule has 1 aromatic carbocycles. The van der Waals surface area contributed by atoms with Crippen molar-refractivity contribution in [1.82, 2.24) is 10.3 Å². The van der Waals surface area contributed by atoms with Gasteiger partial charge < -0.3 is 5.32 Å². The molecule has 0 bridgehead atoms. The van der Waals surface area contributed by atoms with Crippen LogP contribution in [0.1, 0.15) is 15.9 Å². The van der Waals surface area contributed by atoms with Gasteiger partial charge in [0.15, 0.2) is 0 Å². The van der Waals surface area contributed by atoms with Crippen LogP contribution < -0.4 is 5.32 Å². The summed E-state index contributed by atoms with van der Waals surface area (Å²) in [5.74, 6) is -1.62. The van der Waals surface area contributed by atoms with Crippen molar-refractivity contribution < 1.29 is 13.6 Å². The van der Waals surface area contributed by atoms with Gasteiger partial charge >= 0.3 is 0 Å². The first-order valence-corrected chi connectivity index (χ1v) is 5.77. The molecule has 1 aromatic heterocycles. The molecule has 3 nitrogen and oxygen atoms in total. The first-order chi connectivity index (χ1) is 9.08. The predicted octanol–water partition coefficient (Wildman–Crippen LogP) is 2.94. The Labute approximate surface area is 113 Å². The molecule has 0 aliphatic heterocycles. The van der Waals surface area contributed by atoms with E-state index in [9.17, 15) is 13.6 Å². The Bertz CT molecular complexity index is 619. The third-order valence-electron chi connectivity index (χ3n) is 2.46. The molecule has 98 valence electrons. The van der Waals surface area contributed by atoms with Gasteiger partial charge in [-0.05, 0) is 24.3 Å². The van der Waals surface area contributed by atoms with Crippen LogP contribution in [-0.4, -0.2) is 10.9 Å². The van der Waals surface area contributed by atoms with E-state index >= 15 is 0 Å². The first kappa shape index (κ1) is 13.4. The minimum atomic E-state index is -0.581. The predicted molar refractivity (Wildman–Crippen MR) is 66.8 cm³/mol. The van der Waals surface area contributed by atoms with Crippen molar-refractivity contribution in [3.8, 4) is 0 Å². The molecule has 6 heteroatoms. The van der Waals surface area contributed by atoms with Gasteiger partial charge in [0.1, 0.15) is 11.6 Å². The second-order valence-corrected chi connectivity index (χ2v) is 4.18. The molecule has 0 spiro atoms.